The van der Waals surface area contributed by atoms with Gasteiger partial charge in [-0.1, -0.05) is 0 Å². The second-order valence-corrected chi connectivity index (χ2v) is 5.53. The summed E-state index contributed by atoms with van der Waals surface area (Å²) in [5.41, 5.74) is 1.86. The second-order valence-electron chi connectivity index (χ2n) is 5.53. The number of rotatable bonds is 4. The first kappa shape index (κ1) is 14.7. The molecule has 0 fully saturated rings. The van der Waals surface area contributed by atoms with Crippen molar-refractivity contribution in [3.63, 3.8) is 0 Å². The third-order valence-electron chi connectivity index (χ3n) is 3.85. The van der Waals surface area contributed by atoms with Crippen LogP contribution in [0.3, 0.4) is 0 Å². The van der Waals surface area contributed by atoms with Crippen molar-refractivity contribution >= 4 is 17.9 Å². The first-order valence-electron chi connectivity index (χ1n) is 6.66. The van der Waals surface area contributed by atoms with E-state index in [4.69, 9.17) is 0 Å². The topological polar surface area (TPSA) is 49.4 Å². The Balaban J connectivity index is 2.18. The van der Waals surface area contributed by atoms with E-state index in [1.54, 1.807) is 17.9 Å². The number of aldehydes is 1. The van der Waals surface area contributed by atoms with Gasteiger partial charge in [-0.05, 0) is 57.1 Å². The molecule has 2 rings (SSSR count). The lowest BCUT2D eigenvalue weighted by Gasteiger charge is -2.19. The molecular formula is C15H19FN2O2. The van der Waals surface area contributed by atoms with E-state index in [0.717, 1.165) is 11.8 Å². The number of nitrogens with zero attached hydrogens (tertiary/aromatic N) is 1. The van der Waals surface area contributed by atoms with Gasteiger partial charge in [-0.3, -0.25) is 9.69 Å². The Labute approximate surface area is 118 Å². The second kappa shape index (κ2) is 5.71. The number of likely N-dealkylation sites (N-methyl/N-ethyl adjacent to an activating group) is 1. The van der Waals surface area contributed by atoms with Gasteiger partial charge in [-0.2, -0.15) is 0 Å². The van der Waals surface area contributed by atoms with Gasteiger partial charge in [-0.15, -0.1) is 0 Å². The fourth-order valence-corrected chi connectivity index (χ4v) is 2.37. The van der Waals surface area contributed by atoms with Crippen LogP contribution in [0.2, 0.25) is 0 Å². The summed E-state index contributed by atoms with van der Waals surface area (Å²) in [4.78, 5) is 24.5. The van der Waals surface area contributed by atoms with Crippen molar-refractivity contribution in [3.05, 3.63) is 29.1 Å². The molecule has 1 aromatic carbocycles. The van der Waals surface area contributed by atoms with Crippen LogP contribution in [-0.4, -0.2) is 37.2 Å². The Morgan fingerprint density at radius 3 is 2.75 bits per heavy atom. The smallest absolute Gasteiger partial charge is 0.241 e. The molecule has 1 aliphatic rings. The van der Waals surface area contributed by atoms with E-state index in [2.05, 4.69) is 5.32 Å². The van der Waals surface area contributed by atoms with E-state index in [0.29, 0.717) is 24.1 Å². The average molecular weight is 278 g/mol. The zero-order valence-corrected chi connectivity index (χ0v) is 11.9. The fourth-order valence-electron chi connectivity index (χ4n) is 2.37. The van der Waals surface area contributed by atoms with Crippen molar-refractivity contribution in [1.29, 1.82) is 0 Å². The van der Waals surface area contributed by atoms with Crippen molar-refractivity contribution in [2.24, 2.45) is 5.92 Å². The first-order valence-corrected chi connectivity index (χ1v) is 6.66. The third kappa shape index (κ3) is 2.88. The molecule has 4 nitrogen and oxygen atoms in total. The number of amides is 1. The number of carbonyl (C=O) groups is 2. The lowest BCUT2D eigenvalue weighted by Crippen LogP contribution is -2.37. The molecular weight excluding hydrogens is 259 g/mol. The predicted octanol–water partition coefficient (Wildman–Crippen LogP) is 1.63. The first-order chi connectivity index (χ1) is 9.42. The highest BCUT2D eigenvalue weighted by molar-refractivity contribution is 5.94. The van der Waals surface area contributed by atoms with Crippen molar-refractivity contribution in [2.45, 2.75) is 25.8 Å². The molecule has 1 N–H and O–H groups in total. The Kier molecular flexibility index (Phi) is 4.18. The van der Waals surface area contributed by atoms with Crippen LogP contribution in [0.1, 0.15) is 18.1 Å². The van der Waals surface area contributed by atoms with Crippen molar-refractivity contribution in [3.8, 4) is 0 Å². The molecule has 0 bridgehead atoms. The molecule has 1 amide bonds. The maximum atomic E-state index is 14.0. The number of hydrogen-bond donors (Lipinski definition) is 1. The van der Waals surface area contributed by atoms with Gasteiger partial charge >= 0.3 is 0 Å². The number of halogens is 1. The van der Waals surface area contributed by atoms with Crippen molar-refractivity contribution in [1.82, 2.24) is 4.90 Å². The zero-order valence-electron chi connectivity index (χ0n) is 11.9. The number of fused-ring (bicyclic) bond motifs is 1. The molecule has 0 aromatic heterocycles. The quantitative estimate of drug-likeness (QED) is 0.852. The lowest BCUT2D eigenvalue weighted by molar-refractivity contribution is -0.119. The van der Waals surface area contributed by atoms with Crippen LogP contribution >= 0.6 is 0 Å². The van der Waals surface area contributed by atoms with Crippen LogP contribution in [0.5, 0.6) is 0 Å². The Hall–Kier alpha value is -1.75. The van der Waals surface area contributed by atoms with Gasteiger partial charge in [0.25, 0.3) is 0 Å². The molecule has 0 radical (unpaired) electrons. The third-order valence-corrected chi connectivity index (χ3v) is 3.85. The molecule has 5 heteroatoms. The van der Waals surface area contributed by atoms with Gasteiger partial charge in [0.1, 0.15) is 12.1 Å². The zero-order chi connectivity index (χ0) is 14.9. The molecule has 0 heterocycles. The normalized spacial score (nSPS) is 18.8. The van der Waals surface area contributed by atoms with Crippen molar-refractivity contribution in [2.75, 3.05) is 19.4 Å². The van der Waals surface area contributed by atoms with Gasteiger partial charge in [0.2, 0.25) is 5.91 Å². The van der Waals surface area contributed by atoms with Crippen molar-refractivity contribution < 1.29 is 14.0 Å². The van der Waals surface area contributed by atoms with E-state index >= 15 is 0 Å². The Bertz CT molecular complexity index is 543. The summed E-state index contributed by atoms with van der Waals surface area (Å²) in [6.45, 7) is 1.78. The highest BCUT2D eigenvalue weighted by Gasteiger charge is 2.25. The predicted molar refractivity (Wildman–Crippen MR) is 75.1 cm³/mol. The molecule has 20 heavy (non-hydrogen) atoms. The number of nitrogens with one attached hydrogen (secondary N) is 1. The number of hydrogen-bond acceptors (Lipinski definition) is 3. The lowest BCUT2D eigenvalue weighted by atomic mass is 10.1. The molecule has 1 aromatic rings. The summed E-state index contributed by atoms with van der Waals surface area (Å²) in [5.74, 6) is -0.676. The van der Waals surface area contributed by atoms with E-state index < -0.39 is 0 Å². The van der Waals surface area contributed by atoms with E-state index in [1.165, 1.54) is 6.07 Å². The monoisotopic (exact) mass is 278 g/mol. The van der Waals surface area contributed by atoms with Gasteiger partial charge in [0, 0.05) is 11.6 Å². The van der Waals surface area contributed by atoms with Crippen LogP contribution in [0.25, 0.3) is 0 Å². The van der Waals surface area contributed by atoms with Crippen LogP contribution in [0.15, 0.2) is 12.1 Å². The summed E-state index contributed by atoms with van der Waals surface area (Å²) < 4.78 is 14.0. The number of benzene rings is 1. The molecule has 0 aliphatic heterocycles. The van der Waals surface area contributed by atoms with Gasteiger partial charge in [0.15, 0.2) is 0 Å². The minimum atomic E-state index is -0.348. The average Bonchev–Trinajstić information content (AvgIpc) is 2.81. The molecule has 0 saturated carbocycles. The van der Waals surface area contributed by atoms with Gasteiger partial charge in [-0.25, -0.2) is 4.39 Å². The van der Waals surface area contributed by atoms with Gasteiger partial charge in [0.05, 0.1) is 6.04 Å². The van der Waals surface area contributed by atoms with Crippen LogP contribution in [-0.2, 0) is 22.4 Å². The highest BCUT2D eigenvalue weighted by Crippen LogP contribution is 2.30. The van der Waals surface area contributed by atoms with Crippen LogP contribution in [0, 0.1) is 11.7 Å². The maximum Gasteiger partial charge on any atom is 0.241 e. The number of anilines is 1. The summed E-state index contributed by atoms with van der Waals surface area (Å²) in [7, 11) is 3.62. The molecule has 1 unspecified atom stereocenters. The minimum Gasteiger partial charge on any atom is -0.325 e. The summed E-state index contributed by atoms with van der Waals surface area (Å²) in [6.07, 6.45) is 1.86. The minimum absolute atomic E-state index is 0.147. The Morgan fingerprint density at radius 2 is 2.15 bits per heavy atom. The Morgan fingerprint density at radius 1 is 1.45 bits per heavy atom. The summed E-state index contributed by atoms with van der Waals surface area (Å²) >= 11 is 0. The molecule has 0 spiro atoms. The summed E-state index contributed by atoms with van der Waals surface area (Å²) in [5, 5.41) is 2.72. The molecule has 1 aliphatic carbocycles. The highest BCUT2D eigenvalue weighted by atomic mass is 19.1. The largest absolute Gasteiger partial charge is 0.325 e. The van der Waals surface area contributed by atoms with E-state index in [9.17, 15) is 14.0 Å². The fraction of sp³-hybridized carbons (Fsp3) is 0.467. The number of carbonyl (C=O) groups excluding carboxylic acids is 2. The van der Waals surface area contributed by atoms with Crippen LogP contribution in [0.4, 0.5) is 10.1 Å². The molecule has 108 valence electrons. The van der Waals surface area contributed by atoms with Gasteiger partial charge < -0.3 is 10.1 Å². The van der Waals surface area contributed by atoms with Crippen LogP contribution < -0.4 is 5.32 Å². The maximum absolute atomic E-state index is 14.0. The standard InChI is InChI=1S/C15H19FN2O2/c1-9(18(2)3)15(20)17-12-6-11-4-10(8-19)5-13(11)14(16)7-12/h6-10H,4-5H2,1-3H3,(H,17,20)/t9-,10?/m1/s1. The van der Waals surface area contributed by atoms with E-state index in [1.807, 2.05) is 14.1 Å². The SMILES string of the molecule is C[C@H](C(=O)Nc1cc(F)c2c(c1)CC(C=O)C2)N(C)C. The summed E-state index contributed by atoms with van der Waals surface area (Å²) in [6, 6.07) is 2.79. The van der Waals surface area contributed by atoms with E-state index in [-0.39, 0.29) is 23.7 Å². The molecule has 2 atom stereocenters. The molecule has 0 saturated heterocycles.